The summed E-state index contributed by atoms with van der Waals surface area (Å²) < 4.78 is 0. The van der Waals surface area contributed by atoms with Crippen molar-refractivity contribution in [3.8, 4) is 0 Å². The minimum atomic E-state index is -0.290. The zero-order valence-electron chi connectivity index (χ0n) is 7.46. The van der Waals surface area contributed by atoms with Crippen LogP contribution in [0.5, 0.6) is 0 Å². The van der Waals surface area contributed by atoms with Crippen molar-refractivity contribution in [2.45, 2.75) is 18.9 Å². The number of hydrogen-bond donors (Lipinski definition) is 1. The molecule has 0 fully saturated rings. The summed E-state index contributed by atoms with van der Waals surface area (Å²) in [7, 11) is 0. The van der Waals surface area contributed by atoms with Crippen LogP contribution in [0, 0.1) is 0 Å². The standard InChI is InChI=1S/C11H15N.H2/c1-3-11(2,12)9-10-7-5-4-6-8-10;/h3-8H,1,9,12H2,2H3;1H/t11-;/m1./s1. The quantitative estimate of drug-likeness (QED) is 0.680. The summed E-state index contributed by atoms with van der Waals surface area (Å²) in [5.74, 6) is 0. The van der Waals surface area contributed by atoms with Crippen LogP contribution in [0.4, 0.5) is 0 Å². The molecule has 0 saturated heterocycles. The molecule has 0 spiro atoms. The van der Waals surface area contributed by atoms with Crippen LogP contribution >= 0.6 is 0 Å². The van der Waals surface area contributed by atoms with Gasteiger partial charge in [-0.1, -0.05) is 36.4 Å². The zero-order valence-corrected chi connectivity index (χ0v) is 7.46. The second-order valence-corrected chi connectivity index (χ2v) is 3.37. The van der Waals surface area contributed by atoms with Crippen LogP contribution in [0.1, 0.15) is 13.9 Å². The fourth-order valence-corrected chi connectivity index (χ4v) is 1.11. The van der Waals surface area contributed by atoms with Gasteiger partial charge in [-0.25, -0.2) is 0 Å². The minimum Gasteiger partial charge on any atom is -0.322 e. The third-order valence-corrected chi connectivity index (χ3v) is 1.89. The Morgan fingerprint density at radius 3 is 2.58 bits per heavy atom. The fraction of sp³-hybridized carbons (Fsp3) is 0.273. The molecule has 12 heavy (non-hydrogen) atoms. The lowest BCUT2D eigenvalue weighted by Crippen LogP contribution is -2.35. The van der Waals surface area contributed by atoms with Gasteiger partial charge in [0, 0.05) is 6.97 Å². The largest absolute Gasteiger partial charge is 0.322 e. The molecule has 0 unspecified atom stereocenters. The molecule has 66 valence electrons. The fourth-order valence-electron chi connectivity index (χ4n) is 1.11. The summed E-state index contributed by atoms with van der Waals surface area (Å²) in [4.78, 5) is 0. The molecule has 0 amide bonds. The van der Waals surface area contributed by atoms with E-state index in [1.54, 1.807) is 6.08 Å². The molecule has 1 aromatic rings. The van der Waals surface area contributed by atoms with Crippen LogP contribution in [0.15, 0.2) is 43.0 Å². The summed E-state index contributed by atoms with van der Waals surface area (Å²) in [6, 6.07) is 10.2. The highest BCUT2D eigenvalue weighted by Crippen LogP contribution is 2.10. The topological polar surface area (TPSA) is 26.0 Å². The molecule has 1 rings (SSSR count). The van der Waals surface area contributed by atoms with Crippen LogP contribution in [-0.4, -0.2) is 5.54 Å². The Balaban J connectivity index is 0.00000144. The first-order chi connectivity index (χ1) is 5.64. The predicted molar refractivity (Wildman–Crippen MR) is 55.0 cm³/mol. The lowest BCUT2D eigenvalue weighted by atomic mass is 9.94. The maximum Gasteiger partial charge on any atom is 0.0348 e. The number of benzene rings is 1. The predicted octanol–water partition coefficient (Wildman–Crippen LogP) is 2.38. The summed E-state index contributed by atoms with van der Waals surface area (Å²) >= 11 is 0. The third-order valence-electron chi connectivity index (χ3n) is 1.89. The molecule has 1 heteroatoms. The SMILES string of the molecule is C=C[C@@](C)(N)Cc1ccccc1.[HH]. The minimum absolute atomic E-state index is 0. The van der Waals surface area contributed by atoms with Crippen molar-refractivity contribution in [3.63, 3.8) is 0 Å². The second-order valence-electron chi connectivity index (χ2n) is 3.37. The lowest BCUT2D eigenvalue weighted by molar-refractivity contribution is 0.583. The van der Waals surface area contributed by atoms with Gasteiger partial charge in [0.1, 0.15) is 0 Å². The first kappa shape index (κ1) is 9.01. The van der Waals surface area contributed by atoms with Crippen LogP contribution in [0.2, 0.25) is 0 Å². The highest BCUT2D eigenvalue weighted by molar-refractivity contribution is 5.19. The molecule has 2 N–H and O–H groups in total. The van der Waals surface area contributed by atoms with Gasteiger partial charge in [-0.2, -0.15) is 0 Å². The van der Waals surface area contributed by atoms with Gasteiger partial charge in [-0.3, -0.25) is 0 Å². The van der Waals surface area contributed by atoms with Crippen molar-refractivity contribution in [1.29, 1.82) is 0 Å². The van der Waals surface area contributed by atoms with E-state index in [1.807, 2.05) is 25.1 Å². The second kappa shape index (κ2) is 3.55. The van der Waals surface area contributed by atoms with Gasteiger partial charge in [0.25, 0.3) is 0 Å². The molecular formula is C11H17N. The molecule has 0 aliphatic heterocycles. The van der Waals surface area contributed by atoms with Gasteiger partial charge in [-0.15, -0.1) is 6.58 Å². The summed E-state index contributed by atoms with van der Waals surface area (Å²) in [6.07, 6.45) is 2.64. The average molecular weight is 163 g/mol. The van der Waals surface area contributed by atoms with Gasteiger partial charge >= 0.3 is 0 Å². The summed E-state index contributed by atoms with van der Waals surface area (Å²) in [5, 5.41) is 0. The van der Waals surface area contributed by atoms with Crippen molar-refractivity contribution in [1.82, 2.24) is 0 Å². The van der Waals surface area contributed by atoms with Crippen molar-refractivity contribution in [2.24, 2.45) is 5.73 Å². The van der Waals surface area contributed by atoms with Crippen LogP contribution < -0.4 is 5.73 Å². The molecule has 0 aliphatic rings. The average Bonchev–Trinajstić information content (AvgIpc) is 2.06. The molecule has 0 radical (unpaired) electrons. The molecule has 0 aromatic heterocycles. The van der Waals surface area contributed by atoms with E-state index in [4.69, 9.17) is 5.73 Å². The molecule has 0 aliphatic carbocycles. The first-order valence-electron chi connectivity index (χ1n) is 4.10. The Morgan fingerprint density at radius 1 is 1.50 bits per heavy atom. The highest BCUT2D eigenvalue weighted by Gasteiger charge is 2.13. The maximum atomic E-state index is 5.93. The molecule has 0 saturated carbocycles. The van der Waals surface area contributed by atoms with E-state index >= 15 is 0 Å². The molecule has 1 atom stereocenters. The molecule has 1 aromatic carbocycles. The Kier molecular flexibility index (Phi) is 2.66. The number of nitrogens with two attached hydrogens (primary N) is 1. The van der Waals surface area contributed by atoms with Gasteiger partial charge in [0.2, 0.25) is 0 Å². The van der Waals surface area contributed by atoms with Crippen molar-refractivity contribution >= 4 is 0 Å². The monoisotopic (exact) mass is 163 g/mol. The molecular weight excluding hydrogens is 146 g/mol. The Morgan fingerprint density at radius 2 is 2.08 bits per heavy atom. The summed E-state index contributed by atoms with van der Waals surface area (Å²) in [6.45, 7) is 5.68. The van der Waals surface area contributed by atoms with E-state index in [0.29, 0.717) is 0 Å². The van der Waals surface area contributed by atoms with Crippen molar-refractivity contribution < 1.29 is 1.43 Å². The smallest absolute Gasteiger partial charge is 0.0348 e. The van der Waals surface area contributed by atoms with E-state index in [1.165, 1.54) is 5.56 Å². The van der Waals surface area contributed by atoms with Gasteiger partial charge in [0.15, 0.2) is 0 Å². The van der Waals surface area contributed by atoms with Gasteiger partial charge in [-0.05, 0) is 18.9 Å². The lowest BCUT2D eigenvalue weighted by Gasteiger charge is -2.19. The van der Waals surface area contributed by atoms with E-state index in [2.05, 4.69) is 18.7 Å². The number of rotatable bonds is 3. The Bertz CT molecular complexity index is 254. The van der Waals surface area contributed by atoms with Crippen LogP contribution in [0.25, 0.3) is 0 Å². The first-order valence-corrected chi connectivity index (χ1v) is 4.10. The molecule has 0 bridgehead atoms. The van der Waals surface area contributed by atoms with Gasteiger partial charge in [0.05, 0.1) is 0 Å². The van der Waals surface area contributed by atoms with Gasteiger partial charge < -0.3 is 5.73 Å². The van der Waals surface area contributed by atoms with Crippen LogP contribution in [0.3, 0.4) is 0 Å². The third kappa shape index (κ3) is 2.51. The normalized spacial score (nSPS) is 15.2. The van der Waals surface area contributed by atoms with Crippen LogP contribution in [-0.2, 0) is 6.42 Å². The Labute approximate surface area is 75.4 Å². The van der Waals surface area contributed by atoms with E-state index in [0.717, 1.165) is 6.42 Å². The Hall–Kier alpha value is -1.08. The molecule has 0 heterocycles. The highest BCUT2D eigenvalue weighted by atomic mass is 14.7. The maximum absolute atomic E-state index is 5.93. The van der Waals surface area contributed by atoms with Crippen molar-refractivity contribution in [3.05, 3.63) is 48.6 Å². The zero-order chi connectivity index (χ0) is 9.03. The van der Waals surface area contributed by atoms with Crippen molar-refractivity contribution in [2.75, 3.05) is 0 Å². The number of hydrogen-bond acceptors (Lipinski definition) is 1. The summed E-state index contributed by atoms with van der Waals surface area (Å²) in [5.41, 5.74) is 6.89. The molecule has 1 nitrogen and oxygen atoms in total. The van der Waals surface area contributed by atoms with E-state index < -0.39 is 0 Å². The van der Waals surface area contributed by atoms with E-state index in [-0.39, 0.29) is 6.97 Å². The van der Waals surface area contributed by atoms with E-state index in [9.17, 15) is 0 Å².